The Morgan fingerprint density at radius 1 is 1.23 bits per heavy atom. The lowest BCUT2D eigenvalue weighted by Crippen LogP contribution is -2.22. The van der Waals surface area contributed by atoms with Crippen molar-refractivity contribution in [3.63, 3.8) is 0 Å². The van der Waals surface area contributed by atoms with Crippen LogP contribution >= 0.6 is 11.3 Å². The van der Waals surface area contributed by atoms with Gasteiger partial charge in [-0.15, -0.1) is 11.3 Å². The summed E-state index contributed by atoms with van der Waals surface area (Å²) in [6, 6.07) is 0.165. The third-order valence-electron chi connectivity index (χ3n) is 5.24. The van der Waals surface area contributed by atoms with E-state index in [-0.39, 0.29) is 6.04 Å². The molecule has 3 aromatic heterocycles. The van der Waals surface area contributed by atoms with Crippen LogP contribution in [0.2, 0.25) is 0 Å². The van der Waals surface area contributed by atoms with E-state index in [0.29, 0.717) is 12.4 Å². The van der Waals surface area contributed by atoms with E-state index >= 15 is 0 Å². The normalized spacial score (nSPS) is 15.3. The van der Waals surface area contributed by atoms with Crippen molar-refractivity contribution in [2.24, 2.45) is 0 Å². The van der Waals surface area contributed by atoms with Crippen LogP contribution in [0.4, 0.5) is 5.82 Å². The van der Waals surface area contributed by atoms with Crippen molar-refractivity contribution in [2.75, 3.05) is 5.73 Å². The molecule has 26 heavy (non-hydrogen) atoms. The van der Waals surface area contributed by atoms with Crippen LogP contribution in [0.15, 0.2) is 4.52 Å². The molecule has 0 aliphatic heterocycles. The molecule has 1 aliphatic rings. The fraction of sp³-hybridized carbons (Fsp3) is 0.526. The molecule has 7 heteroatoms. The molecule has 0 amide bonds. The number of hydrogen-bond donors (Lipinski definition) is 2. The zero-order valence-corrected chi connectivity index (χ0v) is 16.4. The summed E-state index contributed by atoms with van der Waals surface area (Å²) in [4.78, 5) is 11.9. The van der Waals surface area contributed by atoms with Gasteiger partial charge in [-0.3, -0.25) is 0 Å². The number of aryl methyl sites for hydroxylation is 4. The van der Waals surface area contributed by atoms with Crippen molar-refractivity contribution in [1.29, 1.82) is 0 Å². The van der Waals surface area contributed by atoms with Crippen molar-refractivity contribution < 1.29 is 4.52 Å². The van der Waals surface area contributed by atoms with Gasteiger partial charge in [0.25, 0.3) is 0 Å². The standard InChI is InChI=1S/C19H25N5OS/c1-4-13(16-10(2)24-25-11(16)3)21-9-15-22-18(20)17-12-7-5-6-8-14(12)26-19(17)23-15/h13,21H,4-9H2,1-3H3,(H2,20,22,23). The fourth-order valence-electron chi connectivity index (χ4n) is 3.96. The molecule has 3 heterocycles. The summed E-state index contributed by atoms with van der Waals surface area (Å²) < 4.78 is 5.31. The number of thiophene rings is 1. The van der Waals surface area contributed by atoms with Crippen LogP contribution in [0.25, 0.3) is 10.2 Å². The van der Waals surface area contributed by atoms with E-state index < -0.39 is 0 Å². The lowest BCUT2D eigenvalue weighted by Gasteiger charge is -2.16. The molecule has 3 N–H and O–H groups in total. The first-order valence-corrected chi connectivity index (χ1v) is 10.1. The smallest absolute Gasteiger partial charge is 0.146 e. The number of rotatable bonds is 5. The second kappa shape index (κ2) is 6.96. The molecule has 0 saturated heterocycles. The molecule has 0 aromatic carbocycles. The maximum Gasteiger partial charge on any atom is 0.146 e. The van der Waals surface area contributed by atoms with Crippen molar-refractivity contribution >= 4 is 27.4 Å². The predicted octanol–water partition coefficient (Wildman–Crippen LogP) is 4.00. The summed E-state index contributed by atoms with van der Waals surface area (Å²) >= 11 is 1.79. The lowest BCUT2D eigenvalue weighted by molar-refractivity contribution is 0.389. The van der Waals surface area contributed by atoms with Gasteiger partial charge in [0.05, 0.1) is 17.6 Å². The highest BCUT2D eigenvalue weighted by Gasteiger charge is 2.22. The summed E-state index contributed by atoms with van der Waals surface area (Å²) in [5.41, 5.74) is 9.76. The van der Waals surface area contributed by atoms with Gasteiger partial charge in [-0.1, -0.05) is 12.1 Å². The monoisotopic (exact) mass is 371 g/mol. The molecule has 0 spiro atoms. The summed E-state index contributed by atoms with van der Waals surface area (Å²) in [6.45, 7) is 6.66. The number of nitrogens with zero attached hydrogens (tertiary/aromatic N) is 3. The zero-order chi connectivity index (χ0) is 18.3. The topological polar surface area (TPSA) is 89.9 Å². The van der Waals surface area contributed by atoms with E-state index in [9.17, 15) is 0 Å². The molecule has 4 rings (SSSR count). The Bertz CT molecular complexity index is 926. The first kappa shape index (κ1) is 17.4. The Balaban J connectivity index is 1.59. The highest BCUT2D eigenvalue weighted by molar-refractivity contribution is 7.19. The molecule has 6 nitrogen and oxygen atoms in total. The fourth-order valence-corrected chi connectivity index (χ4v) is 5.25. The molecule has 0 fully saturated rings. The SMILES string of the molecule is CCC(NCc1nc(N)c2c3c(sc2n1)CCCC3)c1c(C)noc1C. The van der Waals surface area contributed by atoms with E-state index in [0.717, 1.165) is 52.3 Å². The van der Waals surface area contributed by atoms with Crippen LogP contribution in [0, 0.1) is 13.8 Å². The molecule has 0 bridgehead atoms. The molecule has 0 saturated carbocycles. The molecule has 138 valence electrons. The quantitative estimate of drug-likeness (QED) is 0.704. The molecule has 3 aromatic rings. The number of aromatic nitrogens is 3. The van der Waals surface area contributed by atoms with Crippen molar-refractivity contribution in [3.05, 3.63) is 33.3 Å². The number of anilines is 1. The highest BCUT2D eigenvalue weighted by atomic mass is 32.1. The number of nitrogens with one attached hydrogen (secondary N) is 1. The highest BCUT2D eigenvalue weighted by Crippen LogP contribution is 2.37. The third kappa shape index (κ3) is 2.99. The maximum atomic E-state index is 6.31. The molecule has 1 atom stereocenters. The number of hydrogen-bond acceptors (Lipinski definition) is 7. The summed E-state index contributed by atoms with van der Waals surface area (Å²) in [7, 11) is 0. The van der Waals surface area contributed by atoms with Gasteiger partial charge in [0.15, 0.2) is 0 Å². The van der Waals surface area contributed by atoms with E-state index in [4.69, 9.17) is 15.2 Å². The zero-order valence-electron chi connectivity index (χ0n) is 15.6. The van der Waals surface area contributed by atoms with Gasteiger partial charge >= 0.3 is 0 Å². The largest absolute Gasteiger partial charge is 0.383 e. The van der Waals surface area contributed by atoms with Gasteiger partial charge in [0.1, 0.15) is 22.2 Å². The van der Waals surface area contributed by atoms with Gasteiger partial charge in [-0.2, -0.15) is 0 Å². The summed E-state index contributed by atoms with van der Waals surface area (Å²) in [5.74, 6) is 2.24. The van der Waals surface area contributed by atoms with Gasteiger partial charge in [-0.25, -0.2) is 9.97 Å². The van der Waals surface area contributed by atoms with Crippen LogP contribution < -0.4 is 11.1 Å². The Kier molecular flexibility index (Phi) is 4.67. The Labute approximate surface area is 157 Å². The van der Waals surface area contributed by atoms with E-state index in [1.807, 2.05) is 13.8 Å². The van der Waals surface area contributed by atoms with Crippen LogP contribution in [0.5, 0.6) is 0 Å². The maximum absolute atomic E-state index is 6.31. The molecule has 0 radical (unpaired) electrons. The van der Waals surface area contributed by atoms with Crippen molar-refractivity contribution in [1.82, 2.24) is 20.4 Å². The Morgan fingerprint density at radius 2 is 2.04 bits per heavy atom. The predicted molar refractivity (Wildman–Crippen MR) is 104 cm³/mol. The lowest BCUT2D eigenvalue weighted by atomic mass is 9.97. The van der Waals surface area contributed by atoms with E-state index in [2.05, 4.69) is 22.4 Å². The number of nitrogens with two attached hydrogens (primary N) is 1. The van der Waals surface area contributed by atoms with E-state index in [1.165, 1.54) is 23.3 Å². The summed E-state index contributed by atoms with van der Waals surface area (Å²) in [5, 5.41) is 8.70. The average molecular weight is 372 g/mol. The second-order valence-corrected chi connectivity index (χ2v) is 8.08. The molecular formula is C19H25N5OS. The molecule has 1 unspecified atom stereocenters. The average Bonchev–Trinajstić information content (AvgIpc) is 3.16. The first-order chi connectivity index (χ1) is 12.6. The van der Waals surface area contributed by atoms with Gasteiger partial charge in [0.2, 0.25) is 0 Å². The van der Waals surface area contributed by atoms with Crippen molar-refractivity contribution in [2.45, 2.75) is 65.5 Å². The minimum absolute atomic E-state index is 0.165. The number of nitrogen functional groups attached to an aromatic ring is 1. The third-order valence-corrected chi connectivity index (χ3v) is 6.43. The summed E-state index contributed by atoms with van der Waals surface area (Å²) in [6.07, 6.45) is 5.68. The van der Waals surface area contributed by atoms with Crippen molar-refractivity contribution in [3.8, 4) is 0 Å². The minimum atomic E-state index is 0.165. The van der Waals surface area contributed by atoms with Crippen LogP contribution in [0.3, 0.4) is 0 Å². The van der Waals surface area contributed by atoms with Crippen LogP contribution in [-0.2, 0) is 19.4 Å². The Hall–Kier alpha value is -1.99. The molecular weight excluding hydrogens is 346 g/mol. The van der Waals surface area contributed by atoms with E-state index in [1.54, 1.807) is 11.3 Å². The number of fused-ring (bicyclic) bond motifs is 3. The van der Waals surface area contributed by atoms with Crippen LogP contribution in [0.1, 0.15) is 65.5 Å². The first-order valence-electron chi connectivity index (χ1n) is 9.31. The van der Waals surface area contributed by atoms with Gasteiger partial charge < -0.3 is 15.6 Å². The van der Waals surface area contributed by atoms with Gasteiger partial charge in [0, 0.05) is 16.5 Å². The van der Waals surface area contributed by atoms with Gasteiger partial charge in [-0.05, 0) is 51.5 Å². The minimum Gasteiger partial charge on any atom is -0.383 e. The molecule has 1 aliphatic carbocycles. The van der Waals surface area contributed by atoms with Crippen LogP contribution in [-0.4, -0.2) is 15.1 Å². The second-order valence-electron chi connectivity index (χ2n) is 7.00. The Morgan fingerprint density at radius 3 is 2.77 bits per heavy atom.